The number of hydrogen-bond acceptors (Lipinski definition) is 6. The molecule has 2 heterocycles. The summed E-state index contributed by atoms with van der Waals surface area (Å²) in [6.07, 6.45) is 2.46. The van der Waals surface area contributed by atoms with E-state index in [2.05, 4.69) is 25.8 Å². The third kappa shape index (κ3) is 3.35. The predicted octanol–water partition coefficient (Wildman–Crippen LogP) is 3.05. The van der Waals surface area contributed by atoms with Crippen LogP contribution in [0, 0.1) is 18.6 Å². The number of hydrogen-bond donors (Lipinski definition) is 2. The van der Waals surface area contributed by atoms with Crippen LogP contribution < -0.4 is 10.6 Å². The lowest BCUT2D eigenvalue weighted by Gasteiger charge is -2.07. The van der Waals surface area contributed by atoms with E-state index >= 15 is 0 Å². The lowest BCUT2D eigenvalue weighted by Crippen LogP contribution is -2.16. The molecule has 7 nitrogen and oxygen atoms in total. The highest BCUT2D eigenvalue weighted by molar-refractivity contribution is 6.02. The number of aromatic nitrogens is 3. The van der Waals surface area contributed by atoms with Gasteiger partial charge in [0, 0.05) is 6.07 Å². The highest BCUT2D eigenvalue weighted by Gasteiger charge is 2.15. The zero-order valence-electron chi connectivity index (χ0n) is 12.4. The van der Waals surface area contributed by atoms with E-state index in [-0.39, 0.29) is 5.69 Å². The molecule has 0 bridgehead atoms. The van der Waals surface area contributed by atoms with Gasteiger partial charge in [-0.1, -0.05) is 11.2 Å². The summed E-state index contributed by atoms with van der Waals surface area (Å²) in [7, 11) is 0. The van der Waals surface area contributed by atoms with Crippen molar-refractivity contribution in [1.29, 1.82) is 0 Å². The van der Waals surface area contributed by atoms with Crippen molar-refractivity contribution in [2.75, 3.05) is 10.6 Å². The van der Waals surface area contributed by atoms with Crippen LogP contribution in [-0.4, -0.2) is 21.0 Å². The zero-order valence-corrected chi connectivity index (χ0v) is 12.4. The fourth-order valence-electron chi connectivity index (χ4n) is 1.86. The average molecular weight is 331 g/mol. The number of carbonyl (C=O) groups is 1. The number of amides is 1. The molecular weight excluding hydrogens is 320 g/mol. The van der Waals surface area contributed by atoms with Gasteiger partial charge in [-0.3, -0.25) is 4.79 Å². The maximum atomic E-state index is 13.5. The quantitative estimate of drug-likeness (QED) is 0.763. The second-order valence-electron chi connectivity index (χ2n) is 4.79. The molecule has 1 amide bonds. The molecule has 0 unspecified atom stereocenters. The standard InChI is InChI=1S/C15H11F2N5O2/c1-8-5-12(22-24-8)20-13-7-18-11(6-19-13)15(23)21-14-9(16)3-2-4-10(14)17/h2-7H,1H3,(H,21,23)(H,19,20,22). The minimum absolute atomic E-state index is 0.0977. The van der Waals surface area contributed by atoms with Crippen LogP contribution in [0.2, 0.25) is 0 Å². The van der Waals surface area contributed by atoms with Crippen molar-refractivity contribution in [3.8, 4) is 0 Å². The molecule has 3 aromatic rings. The average Bonchev–Trinajstić information content (AvgIpc) is 2.96. The molecule has 0 aliphatic heterocycles. The number of para-hydroxylation sites is 1. The van der Waals surface area contributed by atoms with Crippen LogP contribution in [0.3, 0.4) is 0 Å². The molecule has 0 spiro atoms. The Balaban J connectivity index is 1.72. The molecule has 2 aromatic heterocycles. The molecule has 2 N–H and O–H groups in total. The Morgan fingerprint density at radius 1 is 1.12 bits per heavy atom. The van der Waals surface area contributed by atoms with E-state index in [1.54, 1.807) is 13.0 Å². The van der Waals surface area contributed by atoms with E-state index < -0.39 is 23.2 Å². The van der Waals surface area contributed by atoms with E-state index in [1.165, 1.54) is 18.5 Å². The van der Waals surface area contributed by atoms with Crippen molar-refractivity contribution < 1.29 is 18.1 Å². The van der Waals surface area contributed by atoms with Gasteiger partial charge in [0.2, 0.25) is 0 Å². The molecule has 9 heteroatoms. The Kier molecular flexibility index (Phi) is 4.15. The fourth-order valence-corrected chi connectivity index (χ4v) is 1.86. The van der Waals surface area contributed by atoms with Crippen LogP contribution in [0.25, 0.3) is 0 Å². The number of carbonyl (C=O) groups excluding carboxylic acids is 1. The van der Waals surface area contributed by atoms with Crippen molar-refractivity contribution in [3.63, 3.8) is 0 Å². The number of benzene rings is 1. The molecule has 1 aromatic carbocycles. The molecule has 0 aliphatic carbocycles. The normalized spacial score (nSPS) is 10.5. The summed E-state index contributed by atoms with van der Waals surface area (Å²) in [6.45, 7) is 1.74. The molecule has 0 atom stereocenters. The molecule has 0 fully saturated rings. The van der Waals surface area contributed by atoms with Crippen LogP contribution in [0.1, 0.15) is 16.2 Å². The van der Waals surface area contributed by atoms with Crippen LogP contribution >= 0.6 is 0 Å². The lowest BCUT2D eigenvalue weighted by atomic mass is 10.3. The first-order chi connectivity index (χ1) is 11.5. The van der Waals surface area contributed by atoms with E-state index in [1.807, 2.05) is 0 Å². The minimum atomic E-state index is -0.879. The van der Waals surface area contributed by atoms with Gasteiger partial charge >= 0.3 is 0 Å². The van der Waals surface area contributed by atoms with Crippen LogP contribution in [-0.2, 0) is 0 Å². The first-order valence-electron chi connectivity index (χ1n) is 6.80. The van der Waals surface area contributed by atoms with Crippen LogP contribution in [0.4, 0.5) is 26.1 Å². The highest BCUT2D eigenvalue weighted by Crippen LogP contribution is 2.19. The molecular formula is C15H11F2N5O2. The SMILES string of the molecule is Cc1cc(Nc2cnc(C(=O)Nc3c(F)cccc3F)cn2)no1. The fraction of sp³-hybridized carbons (Fsp3) is 0.0667. The number of rotatable bonds is 4. The Hall–Kier alpha value is -3.36. The summed E-state index contributed by atoms with van der Waals surface area (Å²) < 4.78 is 31.9. The Morgan fingerprint density at radius 3 is 2.46 bits per heavy atom. The highest BCUT2D eigenvalue weighted by atomic mass is 19.1. The molecule has 0 saturated heterocycles. The van der Waals surface area contributed by atoms with E-state index in [0.29, 0.717) is 17.4 Å². The predicted molar refractivity (Wildman–Crippen MR) is 80.9 cm³/mol. The molecule has 24 heavy (non-hydrogen) atoms. The Bertz CT molecular complexity index is 860. The second-order valence-corrected chi connectivity index (χ2v) is 4.79. The number of halogens is 2. The van der Waals surface area contributed by atoms with Gasteiger partial charge in [0.15, 0.2) is 5.82 Å². The van der Waals surface area contributed by atoms with Crippen molar-refractivity contribution in [2.45, 2.75) is 6.92 Å². The van der Waals surface area contributed by atoms with Crippen molar-refractivity contribution in [3.05, 3.63) is 59.7 Å². The molecule has 122 valence electrons. The zero-order chi connectivity index (χ0) is 17.1. The number of anilines is 3. The topological polar surface area (TPSA) is 92.9 Å². The summed E-state index contributed by atoms with van der Waals surface area (Å²) in [5.74, 6) is -1.15. The van der Waals surface area contributed by atoms with Gasteiger partial charge in [0.05, 0.1) is 12.4 Å². The summed E-state index contributed by atoms with van der Waals surface area (Å²) in [6, 6.07) is 4.93. The summed E-state index contributed by atoms with van der Waals surface area (Å²) in [5, 5.41) is 8.68. The van der Waals surface area contributed by atoms with Gasteiger partial charge in [-0.15, -0.1) is 0 Å². The van der Waals surface area contributed by atoms with Gasteiger partial charge in [0.1, 0.15) is 34.6 Å². The van der Waals surface area contributed by atoms with Crippen molar-refractivity contribution in [1.82, 2.24) is 15.1 Å². The van der Waals surface area contributed by atoms with Crippen molar-refractivity contribution >= 4 is 23.2 Å². The first kappa shape index (κ1) is 15.5. The lowest BCUT2D eigenvalue weighted by molar-refractivity contribution is 0.102. The number of nitrogens with zero attached hydrogens (tertiary/aromatic N) is 3. The van der Waals surface area contributed by atoms with Gasteiger partial charge in [-0.2, -0.15) is 0 Å². The van der Waals surface area contributed by atoms with Crippen LogP contribution in [0.5, 0.6) is 0 Å². The molecule has 0 aliphatic rings. The minimum Gasteiger partial charge on any atom is -0.360 e. The Morgan fingerprint density at radius 2 is 1.88 bits per heavy atom. The monoisotopic (exact) mass is 331 g/mol. The summed E-state index contributed by atoms with van der Waals surface area (Å²) in [4.78, 5) is 19.9. The van der Waals surface area contributed by atoms with Gasteiger partial charge < -0.3 is 15.2 Å². The molecule has 3 rings (SSSR count). The van der Waals surface area contributed by atoms with Gasteiger partial charge in [-0.25, -0.2) is 18.7 Å². The van der Waals surface area contributed by atoms with Gasteiger partial charge in [0.25, 0.3) is 5.91 Å². The van der Waals surface area contributed by atoms with E-state index in [9.17, 15) is 13.6 Å². The van der Waals surface area contributed by atoms with E-state index in [4.69, 9.17) is 4.52 Å². The molecule has 0 radical (unpaired) electrons. The second kappa shape index (κ2) is 6.41. The largest absolute Gasteiger partial charge is 0.360 e. The van der Waals surface area contributed by atoms with Gasteiger partial charge in [-0.05, 0) is 19.1 Å². The first-order valence-corrected chi connectivity index (χ1v) is 6.80. The third-order valence-electron chi connectivity index (χ3n) is 2.97. The van der Waals surface area contributed by atoms with Crippen LogP contribution in [0.15, 0.2) is 41.2 Å². The molecule has 0 saturated carbocycles. The van der Waals surface area contributed by atoms with E-state index in [0.717, 1.165) is 12.1 Å². The Labute approximate surface area is 134 Å². The number of nitrogens with one attached hydrogen (secondary N) is 2. The maximum absolute atomic E-state index is 13.5. The van der Waals surface area contributed by atoms with Crippen molar-refractivity contribution in [2.24, 2.45) is 0 Å². The smallest absolute Gasteiger partial charge is 0.276 e. The third-order valence-corrected chi connectivity index (χ3v) is 2.97. The maximum Gasteiger partial charge on any atom is 0.276 e. The number of aryl methyl sites for hydroxylation is 1. The summed E-state index contributed by atoms with van der Waals surface area (Å²) >= 11 is 0. The summed E-state index contributed by atoms with van der Waals surface area (Å²) in [5.41, 5.74) is -0.635.